The van der Waals surface area contributed by atoms with E-state index in [0.29, 0.717) is 12.1 Å². The molecule has 2 rings (SSSR count). The third-order valence-electron chi connectivity index (χ3n) is 2.14. The van der Waals surface area contributed by atoms with E-state index < -0.39 is 0 Å². The van der Waals surface area contributed by atoms with Gasteiger partial charge in [-0.1, -0.05) is 0 Å². The average Bonchev–Trinajstić information content (AvgIpc) is 2.78. The van der Waals surface area contributed by atoms with Crippen molar-refractivity contribution in [3.63, 3.8) is 0 Å². The summed E-state index contributed by atoms with van der Waals surface area (Å²) in [7, 11) is 0. The van der Waals surface area contributed by atoms with Crippen LogP contribution in [0.25, 0.3) is 5.69 Å². The van der Waals surface area contributed by atoms with E-state index in [1.807, 2.05) is 22.9 Å². The lowest BCUT2D eigenvalue weighted by Gasteiger charge is -2.00. The standard InChI is InChI=1S/C11H10N4/c12-5-9-1-3-11(4-2-9)15-7-10(6-13)14-8-15/h1-4,7-8H,6,13H2. The lowest BCUT2D eigenvalue weighted by atomic mass is 10.2. The lowest BCUT2D eigenvalue weighted by Crippen LogP contribution is -1.95. The molecule has 74 valence electrons. The van der Waals surface area contributed by atoms with Crippen molar-refractivity contribution < 1.29 is 0 Å². The minimum atomic E-state index is 0.434. The van der Waals surface area contributed by atoms with Crippen molar-refractivity contribution in [1.82, 2.24) is 9.55 Å². The van der Waals surface area contributed by atoms with Crippen molar-refractivity contribution in [2.24, 2.45) is 5.73 Å². The van der Waals surface area contributed by atoms with E-state index in [4.69, 9.17) is 11.0 Å². The predicted molar refractivity (Wildman–Crippen MR) is 56.2 cm³/mol. The molecule has 0 saturated carbocycles. The zero-order valence-electron chi connectivity index (χ0n) is 8.09. The van der Waals surface area contributed by atoms with Gasteiger partial charge in [0.1, 0.15) is 0 Å². The Morgan fingerprint density at radius 3 is 2.60 bits per heavy atom. The highest BCUT2D eigenvalue weighted by Gasteiger charge is 1.99. The average molecular weight is 198 g/mol. The van der Waals surface area contributed by atoms with Crippen LogP contribution in [-0.4, -0.2) is 9.55 Å². The first-order chi connectivity index (χ1) is 7.33. The minimum Gasteiger partial charge on any atom is -0.325 e. The fourth-order valence-corrected chi connectivity index (χ4v) is 1.32. The number of benzene rings is 1. The van der Waals surface area contributed by atoms with Gasteiger partial charge in [-0.3, -0.25) is 0 Å². The number of hydrogen-bond acceptors (Lipinski definition) is 3. The lowest BCUT2D eigenvalue weighted by molar-refractivity contribution is 1.01. The second-order valence-corrected chi connectivity index (χ2v) is 3.14. The summed E-state index contributed by atoms with van der Waals surface area (Å²) in [4.78, 5) is 4.13. The Kier molecular flexibility index (Phi) is 2.48. The van der Waals surface area contributed by atoms with Crippen LogP contribution in [0.4, 0.5) is 0 Å². The van der Waals surface area contributed by atoms with Crippen LogP contribution in [-0.2, 0) is 6.54 Å². The van der Waals surface area contributed by atoms with E-state index in [-0.39, 0.29) is 0 Å². The van der Waals surface area contributed by atoms with Crippen molar-refractivity contribution >= 4 is 0 Å². The number of nitrogens with zero attached hydrogens (tertiary/aromatic N) is 3. The van der Waals surface area contributed by atoms with Gasteiger partial charge in [-0.05, 0) is 24.3 Å². The summed E-state index contributed by atoms with van der Waals surface area (Å²) < 4.78 is 1.88. The molecule has 4 nitrogen and oxygen atoms in total. The predicted octanol–water partition coefficient (Wildman–Crippen LogP) is 1.20. The molecule has 1 aromatic heterocycles. The van der Waals surface area contributed by atoms with Gasteiger partial charge in [0.05, 0.1) is 23.7 Å². The SMILES string of the molecule is N#Cc1ccc(-n2cnc(CN)c2)cc1. The van der Waals surface area contributed by atoms with E-state index in [1.54, 1.807) is 18.5 Å². The molecule has 2 N–H and O–H groups in total. The van der Waals surface area contributed by atoms with Crippen molar-refractivity contribution in [1.29, 1.82) is 5.26 Å². The van der Waals surface area contributed by atoms with Crippen LogP contribution in [0.15, 0.2) is 36.8 Å². The second kappa shape index (κ2) is 3.95. The van der Waals surface area contributed by atoms with Gasteiger partial charge in [-0.2, -0.15) is 5.26 Å². The van der Waals surface area contributed by atoms with Crippen LogP contribution in [0, 0.1) is 11.3 Å². The Labute approximate surface area is 87.6 Å². The topological polar surface area (TPSA) is 67.6 Å². The maximum Gasteiger partial charge on any atom is 0.0995 e. The number of aromatic nitrogens is 2. The molecule has 2 aromatic rings. The van der Waals surface area contributed by atoms with Crippen LogP contribution in [0.2, 0.25) is 0 Å². The van der Waals surface area contributed by atoms with Gasteiger partial charge in [0, 0.05) is 18.4 Å². The molecule has 0 aliphatic rings. The number of imidazole rings is 1. The van der Waals surface area contributed by atoms with E-state index in [2.05, 4.69) is 11.1 Å². The summed E-state index contributed by atoms with van der Waals surface area (Å²) in [5.74, 6) is 0. The van der Waals surface area contributed by atoms with Gasteiger partial charge in [0.2, 0.25) is 0 Å². The third-order valence-corrected chi connectivity index (χ3v) is 2.14. The van der Waals surface area contributed by atoms with Crippen LogP contribution >= 0.6 is 0 Å². The number of rotatable bonds is 2. The highest BCUT2D eigenvalue weighted by Crippen LogP contribution is 2.09. The Hall–Kier alpha value is -2.12. The normalized spacial score (nSPS) is 9.87. The molecule has 0 aliphatic carbocycles. The highest BCUT2D eigenvalue weighted by molar-refractivity contribution is 5.39. The van der Waals surface area contributed by atoms with Gasteiger partial charge in [-0.25, -0.2) is 4.98 Å². The first-order valence-electron chi connectivity index (χ1n) is 4.57. The third kappa shape index (κ3) is 1.87. The monoisotopic (exact) mass is 198 g/mol. The summed E-state index contributed by atoms with van der Waals surface area (Å²) >= 11 is 0. The first-order valence-corrected chi connectivity index (χ1v) is 4.57. The Balaban J connectivity index is 2.33. The van der Waals surface area contributed by atoms with E-state index >= 15 is 0 Å². The molecule has 15 heavy (non-hydrogen) atoms. The van der Waals surface area contributed by atoms with Crippen LogP contribution in [0.3, 0.4) is 0 Å². The molecule has 0 aliphatic heterocycles. The smallest absolute Gasteiger partial charge is 0.0995 e. The summed E-state index contributed by atoms with van der Waals surface area (Å²) in [6, 6.07) is 9.38. The van der Waals surface area contributed by atoms with Crippen molar-refractivity contribution in [3.8, 4) is 11.8 Å². The van der Waals surface area contributed by atoms with Gasteiger partial charge < -0.3 is 10.3 Å². The van der Waals surface area contributed by atoms with Gasteiger partial charge in [-0.15, -0.1) is 0 Å². The van der Waals surface area contributed by atoms with Crippen LogP contribution in [0.5, 0.6) is 0 Å². The Morgan fingerprint density at radius 1 is 1.33 bits per heavy atom. The van der Waals surface area contributed by atoms with E-state index in [0.717, 1.165) is 11.4 Å². The summed E-state index contributed by atoms with van der Waals surface area (Å²) in [6.45, 7) is 0.434. The first kappa shape index (κ1) is 9.44. The maximum atomic E-state index is 8.66. The molecule has 0 unspecified atom stereocenters. The van der Waals surface area contributed by atoms with Crippen molar-refractivity contribution in [3.05, 3.63) is 48.0 Å². The number of hydrogen-bond donors (Lipinski definition) is 1. The molecule has 1 aromatic carbocycles. The summed E-state index contributed by atoms with van der Waals surface area (Å²) in [5, 5.41) is 8.66. The van der Waals surface area contributed by atoms with Crippen molar-refractivity contribution in [2.75, 3.05) is 0 Å². The molecule has 0 saturated heterocycles. The fraction of sp³-hybridized carbons (Fsp3) is 0.0909. The van der Waals surface area contributed by atoms with E-state index in [1.165, 1.54) is 0 Å². The molecule has 0 bridgehead atoms. The summed E-state index contributed by atoms with van der Waals surface area (Å²) in [5.41, 5.74) is 7.94. The second-order valence-electron chi connectivity index (χ2n) is 3.14. The fourth-order valence-electron chi connectivity index (χ4n) is 1.32. The molecule has 0 atom stereocenters. The van der Waals surface area contributed by atoms with Gasteiger partial charge in [0.25, 0.3) is 0 Å². The number of nitriles is 1. The molecule has 0 radical (unpaired) electrons. The van der Waals surface area contributed by atoms with Crippen LogP contribution < -0.4 is 5.73 Å². The summed E-state index contributed by atoms with van der Waals surface area (Å²) in [6.07, 6.45) is 3.59. The number of nitrogens with two attached hydrogens (primary N) is 1. The van der Waals surface area contributed by atoms with Crippen molar-refractivity contribution in [2.45, 2.75) is 6.54 Å². The molecule has 0 spiro atoms. The van der Waals surface area contributed by atoms with E-state index in [9.17, 15) is 0 Å². The van der Waals surface area contributed by atoms with Gasteiger partial charge >= 0.3 is 0 Å². The zero-order chi connectivity index (χ0) is 10.7. The van der Waals surface area contributed by atoms with Crippen LogP contribution in [0.1, 0.15) is 11.3 Å². The minimum absolute atomic E-state index is 0.434. The molecule has 1 heterocycles. The quantitative estimate of drug-likeness (QED) is 0.788. The maximum absolute atomic E-state index is 8.66. The molecular formula is C11H10N4. The van der Waals surface area contributed by atoms with Gasteiger partial charge in [0.15, 0.2) is 0 Å². The highest BCUT2D eigenvalue weighted by atomic mass is 15.0. The molecule has 4 heteroatoms. The molecule has 0 fully saturated rings. The molecule has 0 amide bonds. The Morgan fingerprint density at radius 2 is 2.07 bits per heavy atom. The largest absolute Gasteiger partial charge is 0.325 e. The Bertz CT molecular complexity index is 490. The molecular weight excluding hydrogens is 188 g/mol. The zero-order valence-corrected chi connectivity index (χ0v) is 8.09.